The monoisotopic (exact) mass is 287 g/mol. The molecule has 0 aliphatic heterocycles. The molecule has 0 saturated carbocycles. The summed E-state index contributed by atoms with van der Waals surface area (Å²) in [5.41, 5.74) is 1.88. The molecule has 3 aromatic rings. The van der Waals surface area contributed by atoms with E-state index in [1.807, 2.05) is 13.1 Å². The van der Waals surface area contributed by atoms with Gasteiger partial charge in [-0.1, -0.05) is 12.1 Å². The zero-order valence-electron chi connectivity index (χ0n) is 11.5. The molecule has 3 nitrogen and oxygen atoms in total. The fourth-order valence-corrected chi connectivity index (χ4v) is 3.22. The smallest absolute Gasteiger partial charge is 0.163 e. The second kappa shape index (κ2) is 4.83. The lowest BCUT2D eigenvalue weighted by atomic mass is 10.2. The normalized spacial score (nSPS) is 11.0. The highest BCUT2D eigenvalue weighted by atomic mass is 32.1. The summed E-state index contributed by atoms with van der Waals surface area (Å²) in [6.07, 6.45) is 0. The van der Waals surface area contributed by atoms with Crippen molar-refractivity contribution in [2.45, 2.75) is 13.8 Å². The maximum absolute atomic E-state index is 13.3. The van der Waals surface area contributed by atoms with Crippen LogP contribution in [0, 0.1) is 19.7 Å². The van der Waals surface area contributed by atoms with E-state index < -0.39 is 0 Å². The largest absolute Gasteiger partial charge is 0.372 e. The highest BCUT2D eigenvalue weighted by Gasteiger charge is 2.14. The first-order chi connectivity index (χ1) is 9.60. The van der Waals surface area contributed by atoms with Gasteiger partial charge in [0.15, 0.2) is 5.82 Å². The number of nitrogens with one attached hydrogen (secondary N) is 1. The van der Waals surface area contributed by atoms with E-state index in [0.717, 1.165) is 16.0 Å². The van der Waals surface area contributed by atoms with Gasteiger partial charge in [-0.15, -0.1) is 11.3 Å². The number of thiophene rings is 1. The van der Waals surface area contributed by atoms with Gasteiger partial charge >= 0.3 is 0 Å². The van der Waals surface area contributed by atoms with Crippen LogP contribution in [0.4, 0.5) is 10.2 Å². The van der Waals surface area contributed by atoms with Crippen LogP contribution in [-0.4, -0.2) is 17.0 Å². The Morgan fingerprint density at radius 3 is 2.70 bits per heavy atom. The molecule has 0 amide bonds. The van der Waals surface area contributed by atoms with Gasteiger partial charge in [0.1, 0.15) is 16.5 Å². The summed E-state index contributed by atoms with van der Waals surface area (Å²) in [6, 6.07) is 6.35. The van der Waals surface area contributed by atoms with Crippen LogP contribution in [0.3, 0.4) is 0 Å². The number of halogens is 1. The maximum atomic E-state index is 13.3. The molecule has 2 heterocycles. The van der Waals surface area contributed by atoms with Crippen LogP contribution in [0.5, 0.6) is 0 Å². The fraction of sp³-hybridized carbons (Fsp3) is 0.200. The molecule has 1 N–H and O–H groups in total. The van der Waals surface area contributed by atoms with E-state index in [4.69, 9.17) is 0 Å². The molecular formula is C15H14FN3S. The Balaban J connectivity index is 2.28. The molecule has 0 radical (unpaired) electrons. The van der Waals surface area contributed by atoms with E-state index in [1.54, 1.807) is 17.4 Å². The van der Waals surface area contributed by atoms with Crippen molar-refractivity contribution in [1.29, 1.82) is 0 Å². The summed E-state index contributed by atoms with van der Waals surface area (Å²) < 4.78 is 13.3. The first kappa shape index (κ1) is 13.0. The molecule has 2 aromatic heterocycles. The Labute approximate surface area is 120 Å². The van der Waals surface area contributed by atoms with Gasteiger partial charge in [-0.05, 0) is 31.5 Å². The Hall–Kier alpha value is -2.01. The second-order valence-electron chi connectivity index (χ2n) is 4.62. The number of anilines is 1. The maximum Gasteiger partial charge on any atom is 0.163 e. The molecule has 20 heavy (non-hydrogen) atoms. The van der Waals surface area contributed by atoms with Crippen molar-refractivity contribution in [1.82, 2.24) is 9.97 Å². The summed E-state index contributed by atoms with van der Waals surface area (Å²) in [5.74, 6) is 1.05. The van der Waals surface area contributed by atoms with Gasteiger partial charge in [-0.3, -0.25) is 0 Å². The second-order valence-corrected chi connectivity index (χ2v) is 5.82. The standard InChI is InChI=1S/C15H14FN3S/c1-8-9(2)20-15-12(8)14(17-3)18-13(19-15)10-5-4-6-11(16)7-10/h4-7H,1-3H3,(H,17,18,19). The minimum Gasteiger partial charge on any atom is -0.372 e. The van der Waals surface area contributed by atoms with Crippen molar-refractivity contribution in [3.05, 3.63) is 40.5 Å². The summed E-state index contributed by atoms with van der Waals surface area (Å²) in [5, 5.41) is 4.16. The number of rotatable bonds is 2. The van der Waals surface area contributed by atoms with Crippen molar-refractivity contribution in [2.75, 3.05) is 12.4 Å². The summed E-state index contributed by atoms with van der Waals surface area (Å²) in [4.78, 5) is 11.3. The molecule has 5 heteroatoms. The Morgan fingerprint density at radius 1 is 1.20 bits per heavy atom. The Morgan fingerprint density at radius 2 is 2.00 bits per heavy atom. The molecule has 0 aliphatic carbocycles. The van der Waals surface area contributed by atoms with Crippen molar-refractivity contribution in [3.8, 4) is 11.4 Å². The third-order valence-corrected chi connectivity index (χ3v) is 4.45. The number of hydrogen-bond acceptors (Lipinski definition) is 4. The predicted molar refractivity (Wildman–Crippen MR) is 81.8 cm³/mol. The minimum atomic E-state index is -0.282. The van der Waals surface area contributed by atoms with Crippen LogP contribution >= 0.6 is 11.3 Å². The number of hydrogen-bond donors (Lipinski definition) is 1. The van der Waals surface area contributed by atoms with Crippen molar-refractivity contribution >= 4 is 27.4 Å². The van der Waals surface area contributed by atoms with Gasteiger partial charge in [0, 0.05) is 17.5 Å². The first-order valence-corrected chi connectivity index (χ1v) is 7.13. The lowest BCUT2D eigenvalue weighted by Crippen LogP contribution is -1.98. The molecule has 0 atom stereocenters. The lowest BCUT2D eigenvalue weighted by Gasteiger charge is -2.06. The highest BCUT2D eigenvalue weighted by molar-refractivity contribution is 7.18. The molecule has 0 fully saturated rings. The molecule has 0 aliphatic rings. The number of fused-ring (bicyclic) bond motifs is 1. The van der Waals surface area contributed by atoms with E-state index >= 15 is 0 Å². The van der Waals surface area contributed by atoms with Crippen LogP contribution in [0.2, 0.25) is 0 Å². The van der Waals surface area contributed by atoms with E-state index in [0.29, 0.717) is 11.4 Å². The van der Waals surface area contributed by atoms with Crippen molar-refractivity contribution in [3.63, 3.8) is 0 Å². The molecule has 0 unspecified atom stereocenters. The zero-order chi connectivity index (χ0) is 14.3. The SMILES string of the molecule is CNc1nc(-c2cccc(F)c2)nc2sc(C)c(C)c12. The predicted octanol–water partition coefficient (Wildman–Crippen LogP) is 4.16. The quantitative estimate of drug-likeness (QED) is 0.769. The molecule has 3 rings (SSSR count). The van der Waals surface area contributed by atoms with Gasteiger partial charge in [-0.2, -0.15) is 0 Å². The van der Waals surface area contributed by atoms with Gasteiger partial charge in [-0.25, -0.2) is 14.4 Å². The van der Waals surface area contributed by atoms with Crippen LogP contribution < -0.4 is 5.32 Å². The molecule has 0 bridgehead atoms. The van der Waals surface area contributed by atoms with Gasteiger partial charge in [0.25, 0.3) is 0 Å². The fourth-order valence-electron chi connectivity index (χ4n) is 2.19. The third kappa shape index (κ3) is 2.04. The summed E-state index contributed by atoms with van der Waals surface area (Å²) in [7, 11) is 1.84. The van der Waals surface area contributed by atoms with E-state index in [-0.39, 0.29) is 5.82 Å². The van der Waals surface area contributed by atoms with E-state index in [2.05, 4.69) is 29.1 Å². The summed E-state index contributed by atoms with van der Waals surface area (Å²) >= 11 is 1.64. The molecule has 1 aromatic carbocycles. The number of aromatic nitrogens is 2. The molecule has 0 spiro atoms. The summed E-state index contributed by atoms with van der Waals surface area (Å²) in [6.45, 7) is 4.14. The lowest BCUT2D eigenvalue weighted by molar-refractivity contribution is 0.628. The Kier molecular flexibility index (Phi) is 3.14. The van der Waals surface area contributed by atoms with Gasteiger partial charge in [0.05, 0.1) is 5.39 Å². The average Bonchev–Trinajstić information content (AvgIpc) is 2.73. The number of benzene rings is 1. The van der Waals surface area contributed by atoms with Crippen molar-refractivity contribution < 1.29 is 4.39 Å². The van der Waals surface area contributed by atoms with Gasteiger partial charge < -0.3 is 5.32 Å². The first-order valence-electron chi connectivity index (χ1n) is 6.31. The van der Waals surface area contributed by atoms with Crippen LogP contribution in [-0.2, 0) is 0 Å². The van der Waals surface area contributed by atoms with E-state index in [1.165, 1.54) is 22.6 Å². The third-order valence-electron chi connectivity index (χ3n) is 3.35. The zero-order valence-corrected chi connectivity index (χ0v) is 12.3. The highest BCUT2D eigenvalue weighted by Crippen LogP contribution is 2.34. The van der Waals surface area contributed by atoms with Crippen molar-refractivity contribution in [2.24, 2.45) is 0 Å². The molecular weight excluding hydrogens is 273 g/mol. The minimum absolute atomic E-state index is 0.282. The van der Waals surface area contributed by atoms with Crippen LogP contribution in [0.1, 0.15) is 10.4 Å². The Bertz CT molecular complexity index is 795. The molecule has 0 saturated heterocycles. The van der Waals surface area contributed by atoms with E-state index in [9.17, 15) is 4.39 Å². The number of aryl methyl sites for hydroxylation is 2. The van der Waals surface area contributed by atoms with Crippen LogP contribution in [0.25, 0.3) is 21.6 Å². The van der Waals surface area contributed by atoms with Crippen LogP contribution in [0.15, 0.2) is 24.3 Å². The van der Waals surface area contributed by atoms with Gasteiger partial charge in [0.2, 0.25) is 0 Å². The molecule has 102 valence electrons. The number of nitrogens with zero attached hydrogens (tertiary/aromatic N) is 2. The average molecular weight is 287 g/mol. The topological polar surface area (TPSA) is 37.8 Å².